The maximum Gasteiger partial charge on any atom is 0.357 e. The quantitative estimate of drug-likeness (QED) is 0.573. The van der Waals surface area contributed by atoms with Crippen LogP contribution in [0.3, 0.4) is 0 Å². The molecule has 0 saturated heterocycles. The molecule has 3 rings (SSSR count). The van der Waals surface area contributed by atoms with Gasteiger partial charge in [-0.2, -0.15) is 0 Å². The Labute approximate surface area is 149 Å². The summed E-state index contributed by atoms with van der Waals surface area (Å²) in [6, 6.07) is 28.7. The highest BCUT2D eigenvalue weighted by molar-refractivity contribution is 5.63. The molecule has 0 heterocycles. The smallest absolute Gasteiger partial charge is 0.305 e. The van der Waals surface area contributed by atoms with Crippen LogP contribution in [0.5, 0.6) is 0 Å². The van der Waals surface area contributed by atoms with E-state index in [0.717, 1.165) is 6.54 Å². The van der Waals surface area contributed by atoms with Crippen LogP contribution in [-0.4, -0.2) is 19.0 Å². The van der Waals surface area contributed by atoms with Crippen LogP contribution in [-0.2, 0) is 6.54 Å². The van der Waals surface area contributed by atoms with Crippen LogP contribution in [0.15, 0.2) is 78.9 Å². The Morgan fingerprint density at radius 2 is 1.17 bits per heavy atom. The van der Waals surface area contributed by atoms with Crippen molar-refractivity contribution in [3.8, 4) is 11.1 Å². The van der Waals surface area contributed by atoms with Crippen molar-refractivity contribution in [1.82, 2.24) is 4.90 Å². The van der Waals surface area contributed by atoms with Crippen molar-refractivity contribution < 1.29 is 21.2 Å². The number of hydrogen-bond donors (Lipinski definition) is 0. The predicted octanol–water partition coefficient (Wildman–Crippen LogP) is 1.54. The molecule has 0 spiro atoms. The highest BCUT2D eigenvalue weighted by Crippen LogP contribution is 2.19. The van der Waals surface area contributed by atoms with Crippen LogP contribution in [0.25, 0.3) is 11.1 Å². The molecule has 0 amide bonds. The molecule has 0 N–H and O–H groups in total. The average molecular weight is 414 g/mol. The van der Waals surface area contributed by atoms with Crippen LogP contribution < -0.4 is 21.2 Å². The normalized spacial score (nSPS) is 10.9. The minimum Gasteiger partial charge on any atom is -0.305 e. The summed E-state index contributed by atoms with van der Waals surface area (Å²) < 4.78 is 2.93. The van der Waals surface area contributed by atoms with Crippen molar-refractivity contribution in [3.05, 3.63) is 91.6 Å². The van der Waals surface area contributed by atoms with Crippen molar-refractivity contribution in [1.29, 1.82) is 0 Å². The van der Waals surface area contributed by atoms with Gasteiger partial charge in [-0.05, 0) is 67.2 Å². The Bertz CT molecular complexity index is 731. The Morgan fingerprint density at radius 1 is 0.652 bits per heavy atom. The van der Waals surface area contributed by atoms with E-state index in [1.807, 2.05) is 0 Å². The first-order valence-corrected chi connectivity index (χ1v) is 9.90. The topological polar surface area (TPSA) is 3.24 Å². The van der Waals surface area contributed by atoms with Crippen molar-refractivity contribution >= 4 is 0 Å². The van der Waals surface area contributed by atoms with Crippen LogP contribution in [0.1, 0.15) is 5.56 Å². The van der Waals surface area contributed by atoms with E-state index in [1.54, 1.807) is 0 Å². The molecular formula is C21H21IN+. The van der Waals surface area contributed by atoms with Gasteiger partial charge in [0.05, 0.1) is 0 Å². The highest BCUT2D eigenvalue weighted by Gasteiger charge is 2.14. The lowest BCUT2D eigenvalue weighted by Gasteiger charge is -2.10. The van der Waals surface area contributed by atoms with Crippen LogP contribution in [0.4, 0.5) is 0 Å². The van der Waals surface area contributed by atoms with Gasteiger partial charge in [0, 0.05) is 6.54 Å². The first-order valence-electron chi connectivity index (χ1n) is 7.75. The average Bonchev–Trinajstić information content (AvgIpc) is 2.57. The fourth-order valence-electron chi connectivity index (χ4n) is 2.48. The van der Waals surface area contributed by atoms with E-state index in [9.17, 15) is 0 Å². The van der Waals surface area contributed by atoms with Gasteiger partial charge < -0.3 is 4.90 Å². The SMILES string of the molecule is CN(C)Cc1ccc(-c2ccc([I+]c3ccccc3)cc2)cc1. The first-order chi connectivity index (χ1) is 11.2. The lowest BCUT2D eigenvalue weighted by atomic mass is 10.0. The zero-order chi connectivity index (χ0) is 16.1. The Kier molecular flexibility index (Phi) is 5.47. The summed E-state index contributed by atoms with van der Waals surface area (Å²) in [7, 11) is 4.20. The van der Waals surface area contributed by atoms with E-state index in [2.05, 4.69) is 97.9 Å². The van der Waals surface area contributed by atoms with Crippen LogP contribution >= 0.6 is 0 Å². The summed E-state index contributed by atoms with van der Waals surface area (Å²) in [5, 5.41) is 0. The molecule has 0 bridgehead atoms. The van der Waals surface area contributed by atoms with Gasteiger partial charge in [0.25, 0.3) is 0 Å². The molecule has 0 atom stereocenters. The number of nitrogens with zero attached hydrogens (tertiary/aromatic N) is 1. The largest absolute Gasteiger partial charge is 0.357 e. The third kappa shape index (κ3) is 4.66. The van der Waals surface area contributed by atoms with Gasteiger partial charge in [-0.1, -0.05) is 42.5 Å². The second-order valence-corrected chi connectivity index (χ2v) is 8.86. The molecular weight excluding hydrogens is 393 g/mol. The molecule has 23 heavy (non-hydrogen) atoms. The number of rotatable bonds is 5. The van der Waals surface area contributed by atoms with Gasteiger partial charge in [-0.3, -0.25) is 0 Å². The molecule has 0 aromatic heterocycles. The molecule has 0 aliphatic carbocycles. The van der Waals surface area contributed by atoms with E-state index in [0.29, 0.717) is 0 Å². The van der Waals surface area contributed by atoms with E-state index in [4.69, 9.17) is 0 Å². The molecule has 3 aromatic rings. The molecule has 0 aliphatic rings. The lowest BCUT2D eigenvalue weighted by Crippen LogP contribution is -3.61. The molecule has 0 radical (unpaired) electrons. The second kappa shape index (κ2) is 7.75. The van der Waals surface area contributed by atoms with Gasteiger partial charge in [0.15, 0.2) is 7.14 Å². The van der Waals surface area contributed by atoms with E-state index in [-0.39, 0.29) is 21.2 Å². The highest BCUT2D eigenvalue weighted by atomic mass is 127. The lowest BCUT2D eigenvalue weighted by molar-refractivity contribution is -0.597. The second-order valence-electron chi connectivity index (χ2n) is 5.83. The van der Waals surface area contributed by atoms with E-state index >= 15 is 0 Å². The van der Waals surface area contributed by atoms with Crippen molar-refractivity contribution in [2.45, 2.75) is 6.54 Å². The van der Waals surface area contributed by atoms with Crippen LogP contribution in [0, 0.1) is 7.14 Å². The maximum absolute atomic E-state index is 2.28. The zero-order valence-electron chi connectivity index (χ0n) is 13.5. The molecule has 0 saturated carbocycles. The van der Waals surface area contributed by atoms with Crippen LogP contribution in [0.2, 0.25) is 0 Å². The summed E-state index contributed by atoms with van der Waals surface area (Å²) in [5.41, 5.74) is 3.93. The Morgan fingerprint density at radius 3 is 1.74 bits per heavy atom. The Hall–Kier alpha value is -1.65. The van der Waals surface area contributed by atoms with Gasteiger partial charge in [0.1, 0.15) is 0 Å². The number of benzene rings is 3. The standard InChI is InChI=1S/C21H21IN/c1-23(2)16-17-8-10-18(11-9-17)19-12-14-21(15-13-19)22-20-6-4-3-5-7-20/h3-15H,16H2,1-2H3/q+1. The van der Waals surface area contributed by atoms with Crippen molar-refractivity contribution in [3.63, 3.8) is 0 Å². The van der Waals surface area contributed by atoms with E-state index < -0.39 is 0 Å². The Balaban J connectivity index is 1.71. The molecule has 2 heteroatoms. The summed E-state index contributed by atoms with van der Waals surface area (Å²) in [6.07, 6.45) is 0. The summed E-state index contributed by atoms with van der Waals surface area (Å²) in [6.45, 7) is 0.987. The van der Waals surface area contributed by atoms with Crippen molar-refractivity contribution in [2.24, 2.45) is 0 Å². The van der Waals surface area contributed by atoms with Gasteiger partial charge in [-0.15, -0.1) is 0 Å². The molecule has 1 nitrogen and oxygen atoms in total. The van der Waals surface area contributed by atoms with Gasteiger partial charge in [-0.25, -0.2) is 0 Å². The molecule has 116 valence electrons. The fraction of sp³-hybridized carbons (Fsp3) is 0.143. The number of hydrogen-bond acceptors (Lipinski definition) is 1. The molecule has 0 aliphatic heterocycles. The molecule has 0 fully saturated rings. The number of halogens is 1. The fourth-order valence-corrected chi connectivity index (χ4v) is 4.69. The monoisotopic (exact) mass is 414 g/mol. The zero-order valence-corrected chi connectivity index (χ0v) is 15.7. The van der Waals surface area contributed by atoms with E-state index in [1.165, 1.54) is 23.8 Å². The summed E-state index contributed by atoms with van der Waals surface area (Å²) in [4.78, 5) is 2.19. The molecule has 3 aromatic carbocycles. The third-order valence-corrected chi connectivity index (χ3v) is 6.27. The van der Waals surface area contributed by atoms with Gasteiger partial charge >= 0.3 is 21.2 Å². The van der Waals surface area contributed by atoms with Crippen molar-refractivity contribution in [2.75, 3.05) is 14.1 Å². The third-order valence-electron chi connectivity index (χ3n) is 3.58. The minimum absolute atomic E-state index is 0.0753. The molecule has 0 unspecified atom stereocenters. The van der Waals surface area contributed by atoms with Gasteiger partial charge in [0.2, 0.25) is 0 Å². The predicted molar refractivity (Wildman–Crippen MR) is 93.1 cm³/mol. The summed E-state index contributed by atoms with van der Waals surface area (Å²) in [5.74, 6) is 0. The first kappa shape index (κ1) is 16.2. The minimum atomic E-state index is -0.0753. The maximum atomic E-state index is 2.28. The summed E-state index contributed by atoms with van der Waals surface area (Å²) >= 11 is -0.0753.